The van der Waals surface area contributed by atoms with Gasteiger partial charge < -0.3 is 5.48 Å². The van der Waals surface area contributed by atoms with Crippen molar-refractivity contribution in [3.8, 4) is 0 Å². The van der Waals surface area contributed by atoms with Crippen molar-refractivity contribution in [3.63, 3.8) is 0 Å². The van der Waals surface area contributed by atoms with Crippen LogP contribution in [-0.2, 0) is 24.6 Å². The van der Waals surface area contributed by atoms with Crippen LogP contribution in [0.1, 0.15) is 0 Å². The van der Waals surface area contributed by atoms with Gasteiger partial charge in [0.25, 0.3) is 0 Å². The van der Waals surface area contributed by atoms with Gasteiger partial charge in [-0.15, -0.1) is 0 Å². The van der Waals surface area contributed by atoms with Crippen molar-refractivity contribution >= 4 is 0 Å². The Labute approximate surface area is 30.9 Å². The summed E-state index contributed by atoms with van der Waals surface area (Å²) in [5, 5.41) is 0. The van der Waals surface area contributed by atoms with E-state index < -0.39 is 0 Å². The monoisotopic (exact) mass is 101 g/mol. The van der Waals surface area contributed by atoms with Crippen molar-refractivity contribution < 1.29 is 30.1 Å². The summed E-state index contributed by atoms with van der Waals surface area (Å²) in [5.41, 5.74) is 0. The SMILES string of the molecule is O.[O]1[O][V]1. The average Bonchev–Trinajstić information content (AvgIpc) is 1.46. The fourth-order valence-corrected chi connectivity index (χ4v) is 0. The molecule has 0 saturated carbocycles. The van der Waals surface area contributed by atoms with E-state index in [1.54, 1.807) is 0 Å². The van der Waals surface area contributed by atoms with Gasteiger partial charge in [-0.05, 0) is 0 Å². The van der Waals surface area contributed by atoms with E-state index >= 15 is 0 Å². The molecule has 1 rings (SSSR count). The first-order chi connectivity index (χ1) is 1.50. The Balaban J connectivity index is 0.0000000900. The summed E-state index contributed by atoms with van der Waals surface area (Å²) >= 11 is -0.0625. The van der Waals surface area contributed by atoms with Gasteiger partial charge >= 0.3 is 24.6 Å². The zero-order valence-corrected chi connectivity index (χ0v) is 3.16. The van der Waals surface area contributed by atoms with E-state index in [1.165, 1.54) is 0 Å². The van der Waals surface area contributed by atoms with E-state index in [1.807, 2.05) is 0 Å². The van der Waals surface area contributed by atoms with Crippen LogP contribution in [0.15, 0.2) is 0 Å². The van der Waals surface area contributed by atoms with Gasteiger partial charge in [-0.2, -0.15) is 0 Å². The maximum atomic E-state index is 4.09. The summed E-state index contributed by atoms with van der Waals surface area (Å²) in [6.07, 6.45) is 0. The number of hydrogen-bond acceptors (Lipinski definition) is 2. The summed E-state index contributed by atoms with van der Waals surface area (Å²) < 4.78 is 8.19. The van der Waals surface area contributed by atoms with Crippen LogP contribution < -0.4 is 0 Å². The molecule has 0 unspecified atom stereocenters. The molecule has 0 aliphatic carbocycles. The quantitative estimate of drug-likeness (QED) is 0.291. The average molecular weight is 101 g/mol. The fraction of sp³-hybridized carbons (Fsp3) is 0. The molecular formula is H2O3V. The van der Waals surface area contributed by atoms with Gasteiger partial charge in [0.05, 0.1) is 0 Å². The van der Waals surface area contributed by atoms with Gasteiger partial charge in [0, 0.05) is 0 Å². The molecule has 1 fully saturated rings. The van der Waals surface area contributed by atoms with E-state index in [2.05, 4.69) is 7.63 Å². The summed E-state index contributed by atoms with van der Waals surface area (Å²) in [5.74, 6) is 0. The van der Waals surface area contributed by atoms with Gasteiger partial charge in [-0.1, -0.05) is 0 Å². The third-order valence-electron chi connectivity index (χ3n) is 0.0745. The van der Waals surface area contributed by atoms with Crippen LogP contribution in [0.2, 0.25) is 0 Å². The predicted octanol–water partition coefficient (Wildman–Crippen LogP) is -0.964. The Morgan fingerprint density at radius 2 is 1.50 bits per heavy atom. The predicted molar refractivity (Wildman–Crippen MR) is 5.78 cm³/mol. The van der Waals surface area contributed by atoms with Crippen LogP contribution in [0.25, 0.3) is 0 Å². The molecule has 1 heterocycles. The van der Waals surface area contributed by atoms with Crippen molar-refractivity contribution in [3.05, 3.63) is 0 Å². The first-order valence-electron chi connectivity index (χ1n) is 0.532. The molecule has 2 N–H and O–H groups in total. The molecule has 1 aliphatic heterocycles. The van der Waals surface area contributed by atoms with Crippen molar-refractivity contribution in [1.82, 2.24) is 0 Å². The maximum absolute atomic E-state index is 4.09. The minimum atomic E-state index is -0.0625. The Bertz CT molecular complexity index is 8.00. The molecule has 25 valence electrons. The summed E-state index contributed by atoms with van der Waals surface area (Å²) in [7, 11) is 0. The zero-order chi connectivity index (χ0) is 2.12. The van der Waals surface area contributed by atoms with E-state index in [-0.39, 0.29) is 22.5 Å². The Morgan fingerprint density at radius 3 is 1.50 bits per heavy atom. The molecule has 1 aliphatic rings. The summed E-state index contributed by atoms with van der Waals surface area (Å²) in [6, 6.07) is 0. The van der Waals surface area contributed by atoms with Crippen LogP contribution in [0.5, 0.6) is 0 Å². The van der Waals surface area contributed by atoms with Crippen LogP contribution in [0.3, 0.4) is 0 Å². The molecule has 1 saturated heterocycles. The topological polar surface area (TPSA) is 56.6 Å². The molecule has 3 nitrogen and oxygen atoms in total. The van der Waals surface area contributed by atoms with Crippen molar-refractivity contribution in [2.45, 2.75) is 0 Å². The Kier molecular flexibility index (Phi) is 1.96. The van der Waals surface area contributed by atoms with Crippen LogP contribution >= 0.6 is 0 Å². The molecule has 0 bridgehead atoms. The van der Waals surface area contributed by atoms with Crippen LogP contribution in [0.4, 0.5) is 0 Å². The third kappa shape index (κ3) is 2.46. The zero-order valence-electron chi connectivity index (χ0n) is 1.76. The van der Waals surface area contributed by atoms with Crippen molar-refractivity contribution in [1.29, 1.82) is 0 Å². The van der Waals surface area contributed by atoms with E-state index in [0.717, 1.165) is 0 Å². The molecule has 0 atom stereocenters. The molecule has 0 aromatic carbocycles. The molecule has 4 heavy (non-hydrogen) atoms. The second-order valence-electron chi connectivity index (χ2n) is 0.224. The van der Waals surface area contributed by atoms with Gasteiger partial charge in [0.15, 0.2) is 0 Å². The molecule has 0 amide bonds. The van der Waals surface area contributed by atoms with Crippen molar-refractivity contribution in [2.75, 3.05) is 0 Å². The van der Waals surface area contributed by atoms with Gasteiger partial charge in [0.1, 0.15) is 0 Å². The minimum absolute atomic E-state index is 0. The molecule has 0 aromatic rings. The Morgan fingerprint density at radius 1 is 1.25 bits per heavy atom. The normalized spacial score (nSPS) is 16.0. The van der Waals surface area contributed by atoms with Gasteiger partial charge in [0.2, 0.25) is 0 Å². The third-order valence-corrected chi connectivity index (χ3v) is 0.307. The van der Waals surface area contributed by atoms with Gasteiger partial charge in [-0.3, -0.25) is 0 Å². The van der Waals surface area contributed by atoms with Crippen LogP contribution in [-0.4, -0.2) is 5.48 Å². The molecular weight excluding hydrogens is 98.9 g/mol. The second-order valence-corrected chi connectivity index (χ2v) is 0.922. The van der Waals surface area contributed by atoms with E-state index in [9.17, 15) is 0 Å². The van der Waals surface area contributed by atoms with E-state index in [4.69, 9.17) is 0 Å². The standard InChI is InChI=1S/O2.H2O.V/c1-2;;/h;1H2;/q-2;;+2. The Hall–Kier alpha value is 0.464. The van der Waals surface area contributed by atoms with Gasteiger partial charge in [-0.25, -0.2) is 0 Å². The van der Waals surface area contributed by atoms with Crippen LogP contribution in [0, 0.1) is 0 Å². The molecule has 0 radical (unpaired) electrons. The molecule has 4 heteroatoms. The first-order valence-corrected chi connectivity index (χ1v) is 1.67. The van der Waals surface area contributed by atoms with Crippen molar-refractivity contribution in [2.24, 2.45) is 0 Å². The first kappa shape index (κ1) is 4.46. The number of hydrogen-bond donors (Lipinski definition) is 0. The van der Waals surface area contributed by atoms with E-state index in [0.29, 0.717) is 0 Å². The molecule has 0 aromatic heterocycles. The second kappa shape index (κ2) is 1.75. The molecule has 0 spiro atoms. The fourth-order valence-electron chi connectivity index (χ4n) is 0. The number of rotatable bonds is 0. The summed E-state index contributed by atoms with van der Waals surface area (Å²) in [4.78, 5) is 0. The summed E-state index contributed by atoms with van der Waals surface area (Å²) in [6.45, 7) is 0.